The lowest BCUT2D eigenvalue weighted by Gasteiger charge is -2.38. The molecule has 162 valence electrons. The van der Waals surface area contributed by atoms with Gasteiger partial charge < -0.3 is 5.32 Å². The van der Waals surface area contributed by atoms with Crippen molar-refractivity contribution in [2.75, 3.05) is 13.1 Å². The lowest BCUT2D eigenvalue weighted by atomic mass is 9.82. The Balaban J connectivity index is 1.79. The minimum atomic E-state index is -3.66. The molecule has 1 aliphatic heterocycles. The highest BCUT2D eigenvalue weighted by atomic mass is 32.2. The van der Waals surface area contributed by atoms with Gasteiger partial charge in [0, 0.05) is 19.6 Å². The molecule has 5 nitrogen and oxygen atoms in total. The minimum Gasteiger partial charge on any atom is -0.352 e. The van der Waals surface area contributed by atoms with Crippen molar-refractivity contribution in [1.82, 2.24) is 9.62 Å². The number of aryl methyl sites for hydroxylation is 4. The van der Waals surface area contributed by atoms with Crippen molar-refractivity contribution in [3.63, 3.8) is 0 Å². The molecule has 2 aromatic rings. The number of nitrogens with zero attached hydrogens (tertiary/aromatic N) is 1. The van der Waals surface area contributed by atoms with Crippen molar-refractivity contribution < 1.29 is 13.2 Å². The second kappa shape index (κ2) is 8.52. The van der Waals surface area contributed by atoms with Crippen molar-refractivity contribution in [2.45, 2.75) is 58.9 Å². The summed E-state index contributed by atoms with van der Waals surface area (Å²) in [4.78, 5) is 13.4. The van der Waals surface area contributed by atoms with Crippen LogP contribution < -0.4 is 5.32 Å². The minimum absolute atomic E-state index is 0.0949. The Morgan fingerprint density at radius 2 is 1.70 bits per heavy atom. The number of carbonyl (C=O) groups excluding carboxylic acids is 1. The smallest absolute Gasteiger partial charge is 0.243 e. The third-order valence-electron chi connectivity index (χ3n) is 6.32. The van der Waals surface area contributed by atoms with Gasteiger partial charge in [0.05, 0.1) is 10.3 Å². The number of piperidine rings is 1. The largest absolute Gasteiger partial charge is 0.352 e. The molecule has 2 aromatic carbocycles. The zero-order chi connectivity index (χ0) is 22.1. The fraction of sp³-hybridized carbons (Fsp3) is 0.458. The Kier molecular flexibility index (Phi) is 6.39. The number of hydrogen-bond acceptors (Lipinski definition) is 3. The molecular formula is C24H32N2O3S. The van der Waals surface area contributed by atoms with E-state index >= 15 is 0 Å². The number of nitrogens with one attached hydrogen (secondary N) is 1. The van der Waals surface area contributed by atoms with E-state index in [9.17, 15) is 13.2 Å². The molecule has 1 atom stereocenters. The Morgan fingerprint density at radius 1 is 1.03 bits per heavy atom. The molecule has 0 radical (unpaired) electrons. The second-order valence-electron chi connectivity index (χ2n) is 8.81. The van der Waals surface area contributed by atoms with Crippen LogP contribution in [0.3, 0.4) is 0 Å². The Morgan fingerprint density at radius 3 is 2.40 bits per heavy atom. The maximum Gasteiger partial charge on any atom is 0.243 e. The molecule has 1 heterocycles. The first kappa shape index (κ1) is 22.5. The van der Waals surface area contributed by atoms with Crippen molar-refractivity contribution in [2.24, 2.45) is 5.41 Å². The molecule has 0 aromatic heterocycles. The first-order valence-corrected chi connectivity index (χ1v) is 11.9. The van der Waals surface area contributed by atoms with E-state index in [0.29, 0.717) is 30.8 Å². The quantitative estimate of drug-likeness (QED) is 0.782. The van der Waals surface area contributed by atoms with Crippen molar-refractivity contribution in [3.05, 3.63) is 64.2 Å². The van der Waals surface area contributed by atoms with Gasteiger partial charge in [-0.3, -0.25) is 4.79 Å². The van der Waals surface area contributed by atoms with Crippen molar-refractivity contribution >= 4 is 15.9 Å². The maximum atomic E-state index is 13.4. The molecule has 1 N–H and O–H groups in total. The Bertz CT molecular complexity index is 1060. The summed E-state index contributed by atoms with van der Waals surface area (Å²) >= 11 is 0. The van der Waals surface area contributed by atoms with Gasteiger partial charge in [0.15, 0.2) is 0 Å². The van der Waals surface area contributed by atoms with Crippen LogP contribution in [0.4, 0.5) is 0 Å². The van der Waals surface area contributed by atoms with Gasteiger partial charge in [-0.2, -0.15) is 4.31 Å². The Hall–Kier alpha value is -2.18. The first-order chi connectivity index (χ1) is 14.0. The van der Waals surface area contributed by atoms with E-state index in [1.54, 1.807) is 6.07 Å². The lowest BCUT2D eigenvalue weighted by molar-refractivity contribution is -0.132. The molecule has 0 saturated carbocycles. The number of amides is 1. The standard InChI is InChI=1S/C24H32N2O3S/c1-17-9-6-7-10-21(17)15-25-23(27)24(5)11-8-12-26(16-24)30(28,29)22-14-19(3)18(2)13-20(22)4/h6-7,9-10,13-14H,8,11-12,15-16H2,1-5H3,(H,25,27). The molecule has 6 heteroatoms. The SMILES string of the molecule is Cc1cc(C)c(S(=O)(=O)N2CCCC(C)(C(=O)NCc3ccccc3C)C2)cc1C. The lowest BCUT2D eigenvalue weighted by Crippen LogP contribution is -2.51. The van der Waals surface area contributed by atoms with Crippen LogP contribution in [0.1, 0.15) is 47.6 Å². The van der Waals surface area contributed by atoms with Gasteiger partial charge in [0.1, 0.15) is 0 Å². The first-order valence-electron chi connectivity index (χ1n) is 10.5. The fourth-order valence-corrected chi connectivity index (χ4v) is 6.03. The molecule has 3 rings (SSSR count). The topological polar surface area (TPSA) is 66.5 Å². The van der Waals surface area contributed by atoms with Crippen LogP contribution in [0, 0.1) is 33.1 Å². The van der Waals surface area contributed by atoms with Gasteiger partial charge in [0.2, 0.25) is 15.9 Å². The number of benzene rings is 2. The second-order valence-corrected chi connectivity index (χ2v) is 10.7. The van der Waals surface area contributed by atoms with E-state index in [1.165, 1.54) is 4.31 Å². The average molecular weight is 429 g/mol. The fourth-order valence-electron chi connectivity index (χ4n) is 4.13. The number of hydrogen-bond donors (Lipinski definition) is 1. The summed E-state index contributed by atoms with van der Waals surface area (Å²) in [6, 6.07) is 11.6. The van der Waals surface area contributed by atoms with Crippen LogP contribution in [0.15, 0.2) is 41.3 Å². The highest BCUT2D eigenvalue weighted by Gasteiger charge is 2.42. The third kappa shape index (κ3) is 4.44. The molecule has 0 aliphatic carbocycles. The monoisotopic (exact) mass is 428 g/mol. The van der Waals surface area contributed by atoms with E-state index in [2.05, 4.69) is 5.32 Å². The van der Waals surface area contributed by atoms with Gasteiger partial charge in [-0.25, -0.2) is 8.42 Å². The maximum absolute atomic E-state index is 13.4. The highest BCUT2D eigenvalue weighted by molar-refractivity contribution is 7.89. The van der Waals surface area contributed by atoms with Crippen molar-refractivity contribution in [3.8, 4) is 0 Å². The zero-order valence-electron chi connectivity index (χ0n) is 18.6. The van der Waals surface area contributed by atoms with Crippen LogP contribution >= 0.6 is 0 Å². The number of sulfonamides is 1. The van der Waals surface area contributed by atoms with E-state index in [1.807, 2.05) is 65.0 Å². The van der Waals surface area contributed by atoms with Gasteiger partial charge >= 0.3 is 0 Å². The molecule has 0 spiro atoms. The van der Waals surface area contributed by atoms with Crippen molar-refractivity contribution in [1.29, 1.82) is 0 Å². The summed E-state index contributed by atoms with van der Waals surface area (Å²) in [5.74, 6) is -0.0949. The van der Waals surface area contributed by atoms with Crippen LogP contribution in [-0.2, 0) is 21.4 Å². The Labute approximate surface area is 180 Å². The molecule has 0 bridgehead atoms. The molecule has 1 fully saturated rings. The van der Waals surface area contributed by atoms with Gasteiger partial charge in [-0.1, -0.05) is 30.3 Å². The third-order valence-corrected chi connectivity index (χ3v) is 8.31. The molecule has 30 heavy (non-hydrogen) atoms. The molecule has 1 aliphatic rings. The van der Waals surface area contributed by atoms with E-state index in [4.69, 9.17) is 0 Å². The average Bonchev–Trinajstić information content (AvgIpc) is 2.69. The summed E-state index contributed by atoms with van der Waals surface area (Å²) < 4.78 is 28.3. The van der Waals surface area contributed by atoms with E-state index in [-0.39, 0.29) is 12.5 Å². The molecule has 1 amide bonds. The molecular weight excluding hydrogens is 396 g/mol. The molecule has 1 unspecified atom stereocenters. The van der Waals surface area contributed by atoms with Gasteiger partial charge in [0.25, 0.3) is 0 Å². The predicted molar refractivity (Wildman–Crippen MR) is 120 cm³/mol. The van der Waals surface area contributed by atoms with Crippen LogP contribution in [0.2, 0.25) is 0 Å². The highest BCUT2D eigenvalue weighted by Crippen LogP contribution is 2.34. The van der Waals surface area contributed by atoms with E-state index < -0.39 is 15.4 Å². The predicted octanol–water partition coefficient (Wildman–Crippen LogP) is 4.03. The normalized spacial score (nSPS) is 20.2. The van der Waals surface area contributed by atoms with Gasteiger partial charge in [-0.15, -0.1) is 0 Å². The summed E-state index contributed by atoms with van der Waals surface area (Å²) in [5.41, 5.74) is 4.22. The summed E-state index contributed by atoms with van der Waals surface area (Å²) in [6.45, 7) is 10.7. The van der Waals surface area contributed by atoms with Gasteiger partial charge in [-0.05, 0) is 81.3 Å². The number of rotatable bonds is 5. The summed E-state index contributed by atoms with van der Waals surface area (Å²) in [5, 5.41) is 3.03. The van der Waals surface area contributed by atoms with Crippen LogP contribution in [0.5, 0.6) is 0 Å². The summed E-state index contributed by atoms with van der Waals surface area (Å²) in [7, 11) is -3.66. The van der Waals surface area contributed by atoms with Crippen LogP contribution in [-0.4, -0.2) is 31.7 Å². The molecule has 1 saturated heterocycles. The van der Waals surface area contributed by atoms with E-state index in [0.717, 1.165) is 27.8 Å². The zero-order valence-corrected chi connectivity index (χ0v) is 19.4. The number of carbonyl (C=O) groups is 1. The van der Waals surface area contributed by atoms with Crippen LogP contribution in [0.25, 0.3) is 0 Å². The summed E-state index contributed by atoms with van der Waals surface area (Å²) in [6.07, 6.45) is 1.34.